The van der Waals surface area contributed by atoms with Gasteiger partial charge in [0, 0.05) is 39.1 Å². The van der Waals surface area contributed by atoms with Crippen molar-refractivity contribution in [2.75, 3.05) is 33.0 Å². The molecule has 0 amide bonds. The first-order valence-corrected chi connectivity index (χ1v) is 14.7. The van der Waals surface area contributed by atoms with E-state index in [1.54, 1.807) is 0 Å². The summed E-state index contributed by atoms with van der Waals surface area (Å²) in [5.41, 5.74) is 0. The smallest absolute Gasteiger partial charge is 0.381 e. The summed E-state index contributed by atoms with van der Waals surface area (Å²) in [6.45, 7) is 12.8. The molecule has 0 atom stereocenters. The molecule has 0 radical (unpaired) electrons. The minimum Gasteiger partial charge on any atom is -0.381 e. The molecule has 4 nitrogen and oxygen atoms in total. The number of unbranched alkanes of at least 4 members (excludes halogenated alkanes) is 9. The number of rotatable bonds is 24. The Morgan fingerprint density at radius 3 is 1.24 bits per heavy atom. The molecule has 0 aliphatic rings. The standard InChI is InChI=1S/C24H52O4Si/c1-5-9-12-15-21-26-29(24-18-20-25-19-8-4,27-22-16-13-10-6-2)28-23-17-14-11-7-3/h5-24H2,1-4H3. The number of ether oxygens (including phenoxy) is 1. The van der Waals surface area contributed by atoms with Crippen LogP contribution in [0.2, 0.25) is 6.04 Å². The zero-order valence-corrected chi connectivity index (χ0v) is 21.3. The first kappa shape index (κ1) is 29.1. The maximum absolute atomic E-state index is 6.43. The molecule has 29 heavy (non-hydrogen) atoms. The molecule has 0 unspecified atom stereocenters. The van der Waals surface area contributed by atoms with Crippen LogP contribution in [-0.2, 0) is 18.0 Å². The molecule has 176 valence electrons. The average molecular weight is 433 g/mol. The predicted molar refractivity (Wildman–Crippen MR) is 127 cm³/mol. The summed E-state index contributed by atoms with van der Waals surface area (Å²) in [7, 11) is -2.62. The molecule has 0 spiro atoms. The first-order valence-electron chi connectivity index (χ1n) is 12.7. The van der Waals surface area contributed by atoms with Crippen LogP contribution in [0.3, 0.4) is 0 Å². The van der Waals surface area contributed by atoms with Crippen molar-refractivity contribution in [2.45, 2.75) is 124 Å². The van der Waals surface area contributed by atoms with Crippen molar-refractivity contribution in [1.29, 1.82) is 0 Å². The van der Waals surface area contributed by atoms with Crippen molar-refractivity contribution >= 4 is 8.80 Å². The summed E-state index contributed by atoms with van der Waals surface area (Å²) in [5.74, 6) is 0. The minimum absolute atomic E-state index is 0.770. The lowest BCUT2D eigenvalue weighted by Gasteiger charge is -2.30. The van der Waals surface area contributed by atoms with E-state index in [2.05, 4.69) is 27.7 Å². The Hall–Kier alpha value is 0.0569. The van der Waals surface area contributed by atoms with Gasteiger partial charge in [-0.15, -0.1) is 0 Å². The van der Waals surface area contributed by atoms with Crippen LogP contribution in [0.15, 0.2) is 0 Å². The summed E-state index contributed by atoms with van der Waals surface area (Å²) in [6, 6.07) is 0.881. The van der Waals surface area contributed by atoms with E-state index >= 15 is 0 Å². The Morgan fingerprint density at radius 1 is 0.414 bits per heavy atom. The predicted octanol–water partition coefficient (Wildman–Crippen LogP) is 7.53. The third-order valence-corrected chi connectivity index (χ3v) is 7.98. The molecule has 0 saturated heterocycles. The van der Waals surface area contributed by atoms with Crippen LogP contribution in [0.1, 0.15) is 118 Å². The molecule has 0 heterocycles. The van der Waals surface area contributed by atoms with Gasteiger partial charge in [-0.05, 0) is 32.1 Å². The second-order valence-electron chi connectivity index (χ2n) is 8.13. The van der Waals surface area contributed by atoms with E-state index in [1.165, 1.54) is 57.8 Å². The molecule has 0 N–H and O–H groups in total. The Kier molecular flexibility index (Phi) is 22.8. The molecule has 0 aromatic heterocycles. The van der Waals surface area contributed by atoms with Crippen molar-refractivity contribution in [3.05, 3.63) is 0 Å². The minimum atomic E-state index is -2.62. The fraction of sp³-hybridized carbons (Fsp3) is 1.00. The summed E-state index contributed by atoms with van der Waals surface area (Å²) >= 11 is 0. The van der Waals surface area contributed by atoms with E-state index in [0.29, 0.717) is 0 Å². The Bertz CT molecular complexity index is 254. The van der Waals surface area contributed by atoms with Crippen molar-refractivity contribution in [3.63, 3.8) is 0 Å². The lowest BCUT2D eigenvalue weighted by molar-refractivity contribution is 0.0512. The van der Waals surface area contributed by atoms with Gasteiger partial charge >= 0.3 is 8.80 Å². The van der Waals surface area contributed by atoms with E-state index in [9.17, 15) is 0 Å². The van der Waals surface area contributed by atoms with Gasteiger partial charge in [-0.25, -0.2) is 0 Å². The first-order chi connectivity index (χ1) is 14.2. The van der Waals surface area contributed by atoms with Crippen molar-refractivity contribution in [3.8, 4) is 0 Å². The third kappa shape index (κ3) is 18.5. The summed E-state index contributed by atoms with van der Waals surface area (Å²) in [5, 5.41) is 0. The quantitative estimate of drug-likeness (QED) is 0.117. The second-order valence-corrected chi connectivity index (χ2v) is 10.9. The van der Waals surface area contributed by atoms with Crippen LogP contribution in [-0.4, -0.2) is 41.8 Å². The fourth-order valence-electron chi connectivity index (χ4n) is 3.25. The number of hydrogen-bond donors (Lipinski definition) is 0. The van der Waals surface area contributed by atoms with E-state index < -0.39 is 8.80 Å². The van der Waals surface area contributed by atoms with Crippen LogP contribution in [0.4, 0.5) is 0 Å². The van der Waals surface area contributed by atoms with E-state index in [1.807, 2.05) is 0 Å². The maximum atomic E-state index is 6.43. The second kappa shape index (κ2) is 22.7. The van der Waals surface area contributed by atoms with E-state index in [-0.39, 0.29) is 0 Å². The highest BCUT2D eigenvalue weighted by Crippen LogP contribution is 2.21. The molecule has 5 heteroatoms. The summed E-state index contributed by atoms with van der Waals surface area (Å²) < 4.78 is 25.0. The van der Waals surface area contributed by atoms with Crippen LogP contribution in [0.5, 0.6) is 0 Å². The zero-order chi connectivity index (χ0) is 21.5. The largest absolute Gasteiger partial charge is 0.501 e. The van der Waals surface area contributed by atoms with Gasteiger partial charge in [-0.2, -0.15) is 0 Å². The molecule has 0 bridgehead atoms. The van der Waals surface area contributed by atoms with Crippen molar-refractivity contribution < 1.29 is 18.0 Å². The Balaban J connectivity index is 4.69. The SMILES string of the molecule is CCCCCCO[Si](CCCOCCC)(OCCCCCC)OCCCCCC. The molecule has 0 aromatic rings. The number of hydrogen-bond acceptors (Lipinski definition) is 4. The summed E-state index contributed by atoms with van der Waals surface area (Å²) in [4.78, 5) is 0. The van der Waals surface area contributed by atoms with Gasteiger partial charge in [0.1, 0.15) is 0 Å². The molecule has 0 saturated carbocycles. The van der Waals surface area contributed by atoms with Crippen molar-refractivity contribution in [1.82, 2.24) is 0 Å². The Morgan fingerprint density at radius 2 is 0.862 bits per heavy atom. The highest BCUT2D eigenvalue weighted by Gasteiger charge is 2.40. The molecule has 0 fully saturated rings. The lowest BCUT2D eigenvalue weighted by Crippen LogP contribution is -2.47. The molecule has 0 aliphatic carbocycles. The molecular formula is C24H52O4Si. The van der Waals surface area contributed by atoms with Gasteiger partial charge in [-0.1, -0.05) is 85.5 Å². The summed E-state index contributed by atoms with van der Waals surface area (Å²) in [6.07, 6.45) is 16.6. The normalized spacial score (nSPS) is 12.0. The molecule has 0 aromatic carbocycles. The van der Waals surface area contributed by atoms with Gasteiger partial charge in [0.2, 0.25) is 0 Å². The fourth-order valence-corrected chi connectivity index (χ4v) is 5.87. The van der Waals surface area contributed by atoms with Gasteiger partial charge < -0.3 is 18.0 Å². The molecular weight excluding hydrogens is 380 g/mol. The van der Waals surface area contributed by atoms with Crippen LogP contribution < -0.4 is 0 Å². The van der Waals surface area contributed by atoms with Crippen molar-refractivity contribution in [2.24, 2.45) is 0 Å². The van der Waals surface area contributed by atoms with E-state index in [0.717, 1.165) is 71.2 Å². The Labute approximate surface area is 183 Å². The monoisotopic (exact) mass is 432 g/mol. The zero-order valence-electron chi connectivity index (χ0n) is 20.3. The third-order valence-electron chi connectivity index (χ3n) is 5.08. The van der Waals surface area contributed by atoms with Gasteiger partial charge in [0.05, 0.1) is 0 Å². The topological polar surface area (TPSA) is 36.9 Å². The van der Waals surface area contributed by atoms with Gasteiger partial charge in [0.25, 0.3) is 0 Å². The highest BCUT2D eigenvalue weighted by atomic mass is 28.4. The van der Waals surface area contributed by atoms with Crippen LogP contribution >= 0.6 is 0 Å². The van der Waals surface area contributed by atoms with Gasteiger partial charge in [0.15, 0.2) is 0 Å². The van der Waals surface area contributed by atoms with Crippen LogP contribution in [0, 0.1) is 0 Å². The lowest BCUT2D eigenvalue weighted by atomic mass is 10.2. The average Bonchev–Trinajstić information content (AvgIpc) is 2.73. The van der Waals surface area contributed by atoms with E-state index in [4.69, 9.17) is 18.0 Å². The highest BCUT2D eigenvalue weighted by molar-refractivity contribution is 6.60. The van der Waals surface area contributed by atoms with Gasteiger partial charge in [-0.3, -0.25) is 0 Å². The molecule has 0 rings (SSSR count). The van der Waals surface area contributed by atoms with Crippen LogP contribution in [0.25, 0.3) is 0 Å². The maximum Gasteiger partial charge on any atom is 0.501 e. The molecule has 0 aliphatic heterocycles.